The van der Waals surface area contributed by atoms with Gasteiger partial charge in [-0.15, -0.1) is 0 Å². The molecule has 3 atom stereocenters. The maximum atomic E-state index is 13.5. The molecule has 2 saturated carbocycles. The van der Waals surface area contributed by atoms with Gasteiger partial charge in [-0.1, -0.05) is 38.0 Å². The number of ether oxygens (including phenoxy) is 1. The Hall–Kier alpha value is -2.59. The van der Waals surface area contributed by atoms with Gasteiger partial charge in [-0.2, -0.15) is 0 Å². The number of likely N-dealkylation sites (N-methyl/N-ethyl adjacent to an activating group) is 1. The highest BCUT2D eigenvalue weighted by Gasteiger charge is 2.36. The highest BCUT2D eigenvalue weighted by atomic mass is 16.5. The third-order valence-corrected chi connectivity index (χ3v) is 7.58. The molecule has 2 heterocycles. The summed E-state index contributed by atoms with van der Waals surface area (Å²) in [6.07, 6.45) is 9.06. The fourth-order valence-electron chi connectivity index (χ4n) is 4.97. The number of hydrogen-bond acceptors (Lipinski definition) is 5. The lowest BCUT2D eigenvalue weighted by Gasteiger charge is -2.38. The predicted molar refractivity (Wildman–Crippen MR) is 129 cm³/mol. The normalized spacial score (nSPS) is 24.1. The van der Waals surface area contributed by atoms with Crippen LogP contribution in [-0.2, 0) is 4.79 Å². The molecule has 0 radical (unpaired) electrons. The summed E-state index contributed by atoms with van der Waals surface area (Å²) in [4.78, 5) is 34.2. The van der Waals surface area contributed by atoms with Gasteiger partial charge in [0.25, 0.3) is 5.91 Å². The summed E-state index contributed by atoms with van der Waals surface area (Å²) >= 11 is 0. The van der Waals surface area contributed by atoms with Gasteiger partial charge >= 0.3 is 0 Å². The fraction of sp³-hybridized carbons (Fsp3) is 0.667. The third kappa shape index (κ3) is 5.38. The lowest BCUT2D eigenvalue weighted by molar-refractivity contribution is -0.138. The highest BCUT2D eigenvalue weighted by Crippen LogP contribution is 2.30. The van der Waals surface area contributed by atoms with Crippen LogP contribution >= 0.6 is 0 Å². The van der Waals surface area contributed by atoms with Crippen molar-refractivity contribution in [2.24, 2.45) is 17.8 Å². The summed E-state index contributed by atoms with van der Waals surface area (Å²) in [7, 11) is 1.82. The Balaban J connectivity index is 1.61. The third-order valence-electron chi connectivity index (χ3n) is 7.58. The average Bonchev–Trinajstić information content (AvgIpc) is 3.32. The second-order valence-corrected chi connectivity index (χ2v) is 10.3. The van der Waals surface area contributed by atoms with Crippen molar-refractivity contribution in [3.63, 3.8) is 0 Å². The average molecular weight is 468 g/mol. The zero-order chi connectivity index (χ0) is 24.2. The molecule has 7 nitrogen and oxygen atoms in total. The van der Waals surface area contributed by atoms with Gasteiger partial charge in [0.05, 0.1) is 19.2 Å². The van der Waals surface area contributed by atoms with E-state index in [0.29, 0.717) is 30.1 Å². The van der Waals surface area contributed by atoms with Crippen LogP contribution in [0.3, 0.4) is 0 Å². The summed E-state index contributed by atoms with van der Waals surface area (Å²) in [5.74, 6) is 7.23. The Morgan fingerprint density at radius 1 is 1.29 bits per heavy atom. The van der Waals surface area contributed by atoms with E-state index in [1.54, 1.807) is 22.1 Å². The molecule has 3 aliphatic rings. The quantitative estimate of drug-likeness (QED) is 0.673. The van der Waals surface area contributed by atoms with Crippen molar-refractivity contribution in [1.29, 1.82) is 0 Å². The van der Waals surface area contributed by atoms with Crippen molar-refractivity contribution < 1.29 is 19.4 Å². The first-order chi connectivity index (χ1) is 16.4. The van der Waals surface area contributed by atoms with E-state index in [1.807, 2.05) is 20.9 Å². The Kier molecular flexibility index (Phi) is 7.77. The molecule has 2 aliphatic carbocycles. The van der Waals surface area contributed by atoms with Crippen molar-refractivity contribution in [1.82, 2.24) is 14.8 Å². The van der Waals surface area contributed by atoms with Gasteiger partial charge < -0.3 is 19.6 Å². The molecule has 1 aromatic heterocycles. The summed E-state index contributed by atoms with van der Waals surface area (Å²) in [6.45, 7) is 4.58. The standard InChI is InChI=1S/C27H37N3O4/c1-18-15-30(19(2)17-31)27(33)23-13-21(12-11-20-7-4-5-8-20)14-28-25(23)34-24(18)16-29(3)26(32)22-9-6-10-22/h13-14,18-20,22,24,31H,4-10,15-17H2,1-3H3/t18-,19-,24+/m0/s1. The van der Waals surface area contributed by atoms with Gasteiger partial charge in [0.15, 0.2) is 0 Å². The van der Waals surface area contributed by atoms with Crippen LogP contribution < -0.4 is 4.74 Å². The number of pyridine rings is 1. The molecule has 0 bridgehead atoms. The van der Waals surface area contributed by atoms with Crippen molar-refractivity contribution in [2.75, 3.05) is 26.7 Å². The topological polar surface area (TPSA) is 83.0 Å². The smallest absolute Gasteiger partial charge is 0.259 e. The number of nitrogens with zero attached hydrogens (tertiary/aromatic N) is 3. The van der Waals surface area contributed by atoms with Gasteiger partial charge in [-0.05, 0) is 38.7 Å². The molecule has 184 valence electrons. The maximum Gasteiger partial charge on any atom is 0.259 e. The molecule has 0 aromatic carbocycles. The minimum atomic E-state index is -0.343. The summed E-state index contributed by atoms with van der Waals surface area (Å²) in [5.41, 5.74) is 1.06. The Bertz CT molecular complexity index is 958. The minimum absolute atomic E-state index is 0.0497. The molecular formula is C27H37N3O4. The fourth-order valence-corrected chi connectivity index (χ4v) is 4.97. The molecule has 7 heteroatoms. The molecule has 34 heavy (non-hydrogen) atoms. The van der Waals surface area contributed by atoms with Gasteiger partial charge in [0, 0.05) is 43.1 Å². The maximum absolute atomic E-state index is 13.5. The summed E-state index contributed by atoms with van der Waals surface area (Å²) < 4.78 is 6.30. The van der Waals surface area contributed by atoms with E-state index in [4.69, 9.17) is 4.74 Å². The number of carbonyl (C=O) groups excluding carboxylic acids is 2. The molecule has 0 saturated heterocycles. The first-order valence-corrected chi connectivity index (χ1v) is 12.7. The Labute approximate surface area is 202 Å². The van der Waals surface area contributed by atoms with E-state index in [9.17, 15) is 14.7 Å². The van der Waals surface area contributed by atoms with Crippen LogP contribution in [0.5, 0.6) is 5.88 Å². The number of amides is 2. The lowest BCUT2D eigenvalue weighted by atomic mass is 9.84. The largest absolute Gasteiger partial charge is 0.472 e. The molecular weight excluding hydrogens is 430 g/mol. The van der Waals surface area contributed by atoms with E-state index < -0.39 is 0 Å². The van der Waals surface area contributed by atoms with E-state index in [1.165, 1.54) is 12.8 Å². The summed E-state index contributed by atoms with van der Waals surface area (Å²) in [5, 5.41) is 9.82. The van der Waals surface area contributed by atoms with Crippen LogP contribution in [0.25, 0.3) is 0 Å². The SMILES string of the molecule is C[C@H]1CN([C@@H](C)CO)C(=O)c2cc(C#CC3CCCC3)cnc2O[C@@H]1CN(C)C(=O)C1CCC1. The van der Waals surface area contributed by atoms with Crippen molar-refractivity contribution >= 4 is 11.8 Å². The molecule has 4 rings (SSSR count). The van der Waals surface area contributed by atoms with Gasteiger partial charge in [-0.3, -0.25) is 9.59 Å². The highest BCUT2D eigenvalue weighted by molar-refractivity contribution is 5.97. The lowest BCUT2D eigenvalue weighted by Crippen LogP contribution is -2.51. The van der Waals surface area contributed by atoms with E-state index in [0.717, 1.165) is 32.1 Å². The second-order valence-electron chi connectivity index (χ2n) is 10.3. The van der Waals surface area contributed by atoms with Crippen LogP contribution in [0.4, 0.5) is 0 Å². The number of rotatable bonds is 5. The Morgan fingerprint density at radius 2 is 2.03 bits per heavy atom. The molecule has 2 amide bonds. The number of carbonyl (C=O) groups is 2. The van der Waals surface area contributed by atoms with Crippen LogP contribution in [0.2, 0.25) is 0 Å². The summed E-state index contributed by atoms with van der Waals surface area (Å²) in [6, 6.07) is 1.42. The predicted octanol–water partition coefficient (Wildman–Crippen LogP) is 3.10. The van der Waals surface area contributed by atoms with Crippen LogP contribution in [0.1, 0.15) is 74.7 Å². The van der Waals surface area contributed by atoms with Crippen molar-refractivity contribution in [2.45, 2.75) is 70.9 Å². The Morgan fingerprint density at radius 3 is 2.68 bits per heavy atom. The number of fused-ring (bicyclic) bond motifs is 1. The first kappa shape index (κ1) is 24.5. The molecule has 1 aliphatic heterocycles. The monoisotopic (exact) mass is 467 g/mol. The molecule has 1 aromatic rings. The number of aliphatic hydroxyl groups is 1. The number of hydrogen-bond donors (Lipinski definition) is 1. The molecule has 0 spiro atoms. The molecule has 2 fully saturated rings. The minimum Gasteiger partial charge on any atom is -0.472 e. The van der Waals surface area contributed by atoms with Crippen LogP contribution in [-0.4, -0.2) is 70.6 Å². The molecule has 1 N–H and O–H groups in total. The molecule has 0 unspecified atom stereocenters. The van der Waals surface area contributed by atoms with Crippen LogP contribution in [0, 0.1) is 29.6 Å². The van der Waals surface area contributed by atoms with Crippen molar-refractivity contribution in [3.05, 3.63) is 23.4 Å². The van der Waals surface area contributed by atoms with Crippen LogP contribution in [0.15, 0.2) is 12.3 Å². The number of aromatic nitrogens is 1. The van der Waals surface area contributed by atoms with Gasteiger partial charge in [0.1, 0.15) is 11.7 Å². The van der Waals surface area contributed by atoms with E-state index >= 15 is 0 Å². The van der Waals surface area contributed by atoms with Gasteiger partial charge in [-0.25, -0.2) is 4.98 Å². The zero-order valence-electron chi connectivity index (χ0n) is 20.6. The van der Waals surface area contributed by atoms with E-state index in [-0.39, 0.29) is 48.3 Å². The van der Waals surface area contributed by atoms with Crippen molar-refractivity contribution in [3.8, 4) is 17.7 Å². The van der Waals surface area contributed by atoms with Gasteiger partial charge in [0.2, 0.25) is 11.8 Å². The number of aliphatic hydroxyl groups excluding tert-OH is 1. The first-order valence-electron chi connectivity index (χ1n) is 12.7. The zero-order valence-corrected chi connectivity index (χ0v) is 20.6. The second kappa shape index (κ2) is 10.8. The van der Waals surface area contributed by atoms with E-state index in [2.05, 4.69) is 16.8 Å².